The summed E-state index contributed by atoms with van der Waals surface area (Å²) in [5, 5.41) is 20.1. The van der Waals surface area contributed by atoms with Crippen molar-refractivity contribution in [2.24, 2.45) is 0 Å². The highest BCUT2D eigenvalue weighted by Crippen LogP contribution is 2.27. The van der Waals surface area contributed by atoms with Crippen molar-refractivity contribution < 1.29 is 18.8 Å². The lowest BCUT2D eigenvalue weighted by molar-refractivity contribution is 0.114. The number of nitrogens with zero attached hydrogens (tertiary/aromatic N) is 1. The Hall–Kier alpha value is -2.36. The lowest BCUT2D eigenvalue weighted by Gasteiger charge is -2.20. The molecule has 0 saturated heterocycles. The number of aryl methyl sites for hydroxylation is 2. The highest BCUT2D eigenvalue weighted by molar-refractivity contribution is 7.85. The summed E-state index contributed by atoms with van der Waals surface area (Å²) in [6, 6.07) is 14.5. The molecule has 0 saturated carbocycles. The number of benzene rings is 2. The molecule has 0 bridgehead atoms. The molecule has 0 spiro atoms. The van der Waals surface area contributed by atoms with E-state index in [9.17, 15) is 14.6 Å². The Bertz CT molecular complexity index is 814. The largest absolute Gasteiger partial charge is 0.497 e. The molecular weight excluding hydrogens is 350 g/mol. The number of rotatable bonds is 8. The molecular formula is C20H23NO4S. The molecule has 6 heteroatoms. The zero-order valence-corrected chi connectivity index (χ0v) is 16.0. The molecule has 1 unspecified atom stereocenters. The summed E-state index contributed by atoms with van der Waals surface area (Å²) >= 11 is 0. The van der Waals surface area contributed by atoms with Gasteiger partial charge in [0.15, 0.2) is 5.60 Å². The minimum Gasteiger partial charge on any atom is -0.497 e. The van der Waals surface area contributed by atoms with Gasteiger partial charge < -0.3 is 14.6 Å². The molecule has 0 fully saturated rings. The van der Waals surface area contributed by atoms with Crippen LogP contribution < -0.4 is 9.47 Å². The van der Waals surface area contributed by atoms with Gasteiger partial charge in [-0.15, -0.1) is 0 Å². The van der Waals surface area contributed by atoms with Crippen LogP contribution in [0.25, 0.3) is 0 Å². The molecule has 0 aliphatic carbocycles. The Morgan fingerprint density at radius 3 is 2.42 bits per heavy atom. The van der Waals surface area contributed by atoms with Crippen LogP contribution >= 0.6 is 0 Å². The summed E-state index contributed by atoms with van der Waals surface area (Å²) in [5.74, 6) is 1.19. The van der Waals surface area contributed by atoms with Crippen LogP contribution in [0.5, 0.6) is 11.5 Å². The average molecular weight is 373 g/mol. The minimum absolute atomic E-state index is 0.140. The van der Waals surface area contributed by atoms with Crippen LogP contribution in [0.1, 0.15) is 17.5 Å². The third-order valence-electron chi connectivity index (χ3n) is 4.16. The summed E-state index contributed by atoms with van der Waals surface area (Å²) in [7, 11) is 1.67. The van der Waals surface area contributed by atoms with Gasteiger partial charge in [-0.3, -0.25) is 4.21 Å². The second-order valence-electron chi connectivity index (χ2n) is 6.12. The lowest BCUT2D eigenvalue weighted by atomic mass is 9.97. The second kappa shape index (κ2) is 8.84. The normalized spacial score (nSPS) is 14.1. The van der Waals surface area contributed by atoms with E-state index in [4.69, 9.17) is 9.47 Å². The molecule has 0 aromatic heterocycles. The van der Waals surface area contributed by atoms with Gasteiger partial charge in [-0.1, -0.05) is 17.7 Å². The fraction of sp³-hybridized carbons (Fsp3) is 0.350. The van der Waals surface area contributed by atoms with Crippen LogP contribution in [-0.4, -0.2) is 34.9 Å². The molecule has 26 heavy (non-hydrogen) atoms. The van der Waals surface area contributed by atoms with Crippen molar-refractivity contribution in [2.45, 2.75) is 30.3 Å². The Labute approximate surface area is 156 Å². The lowest BCUT2D eigenvalue weighted by Crippen LogP contribution is -2.34. The third kappa shape index (κ3) is 5.07. The monoisotopic (exact) mass is 373 g/mol. The second-order valence-corrected chi connectivity index (χ2v) is 7.58. The smallest absolute Gasteiger partial charge is 0.163 e. The third-order valence-corrected chi connectivity index (χ3v) is 5.70. The highest BCUT2D eigenvalue weighted by Gasteiger charge is 2.30. The maximum atomic E-state index is 12.5. The summed E-state index contributed by atoms with van der Waals surface area (Å²) in [6.07, 6.45) is 0.542. The Balaban J connectivity index is 2.11. The van der Waals surface area contributed by atoms with Crippen LogP contribution in [0.3, 0.4) is 0 Å². The van der Waals surface area contributed by atoms with Gasteiger partial charge in [-0.25, -0.2) is 0 Å². The molecule has 138 valence electrons. The van der Waals surface area contributed by atoms with Crippen LogP contribution in [0, 0.1) is 18.3 Å². The van der Waals surface area contributed by atoms with E-state index in [0.717, 1.165) is 11.1 Å². The van der Waals surface area contributed by atoms with Crippen molar-refractivity contribution in [3.8, 4) is 17.6 Å². The standard InChI is InChI=1S/C20H23NO4S/c1-15-4-7-18(8-5-15)26(23)14-20(22,13-21)11-10-16-12-17(24-2)6-9-19(16)25-3/h4-9,12,22H,10-11,14H2,1-3H3/t20-,26?/m0/s1. The van der Waals surface area contributed by atoms with E-state index in [0.29, 0.717) is 22.8 Å². The average Bonchev–Trinajstić information content (AvgIpc) is 2.66. The molecule has 2 rings (SSSR count). The van der Waals surface area contributed by atoms with Crippen molar-refractivity contribution in [3.05, 3.63) is 53.6 Å². The molecule has 0 heterocycles. The predicted octanol–water partition coefficient (Wildman–Crippen LogP) is 3.01. The zero-order valence-electron chi connectivity index (χ0n) is 15.2. The number of hydrogen-bond acceptors (Lipinski definition) is 5. The van der Waals surface area contributed by atoms with Crippen molar-refractivity contribution in [3.63, 3.8) is 0 Å². The van der Waals surface area contributed by atoms with E-state index in [1.165, 1.54) is 0 Å². The first-order valence-corrected chi connectivity index (χ1v) is 9.52. The predicted molar refractivity (Wildman–Crippen MR) is 101 cm³/mol. The molecule has 2 atom stereocenters. The number of aliphatic hydroxyl groups is 1. The molecule has 0 amide bonds. The zero-order chi connectivity index (χ0) is 19.2. The van der Waals surface area contributed by atoms with E-state index in [-0.39, 0.29) is 12.2 Å². The first-order chi connectivity index (χ1) is 12.4. The molecule has 0 aliphatic heterocycles. The summed E-state index contributed by atoms with van der Waals surface area (Å²) in [5.41, 5.74) is 0.192. The Kier molecular flexibility index (Phi) is 6.78. The van der Waals surface area contributed by atoms with Gasteiger partial charge in [0.25, 0.3) is 0 Å². The van der Waals surface area contributed by atoms with Crippen molar-refractivity contribution in [1.82, 2.24) is 0 Å². The Morgan fingerprint density at radius 1 is 1.15 bits per heavy atom. The van der Waals surface area contributed by atoms with Gasteiger partial charge in [0, 0.05) is 4.90 Å². The van der Waals surface area contributed by atoms with Gasteiger partial charge in [-0.2, -0.15) is 5.26 Å². The minimum atomic E-state index is -1.69. The van der Waals surface area contributed by atoms with Crippen LogP contribution in [0.4, 0.5) is 0 Å². The van der Waals surface area contributed by atoms with Crippen LogP contribution in [0.2, 0.25) is 0 Å². The molecule has 2 aromatic carbocycles. The maximum Gasteiger partial charge on any atom is 0.163 e. The fourth-order valence-electron chi connectivity index (χ4n) is 2.57. The quantitative estimate of drug-likeness (QED) is 0.720. The molecule has 5 nitrogen and oxygen atoms in total. The first-order valence-electron chi connectivity index (χ1n) is 8.20. The van der Waals surface area contributed by atoms with Gasteiger partial charge in [0.2, 0.25) is 0 Å². The number of methoxy groups -OCH3 is 2. The van der Waals surface area contributed by atoms with E-state index < -0.39 is 16.4 Å². The van der Waals surface area contributed by atoms with Gasteiger partial charge in [0.05, 0.1) is 36.8 Å². The van der Waals surface area contributed by atoms with Crippen molar-refractivity contribution in [2.75, 3.05) is 20.0 Å². The van der Waals surface area contributed by atoms with Gasteiger partial charge >= 0.3 is 0 Å². The molecule has 1 N–H and O–H groups in total. The fourth-order valence-corrected chi connectivity index (χ4v) is 3.82. The molecule has 2 aromatic rings. The number of ether oxygens (including phenoxy) is 2. The topological polar surface area (TPSA) is 79.5 Å². The highest BCUT2D eigenvalue weighted by atomic mass is 32.2. The maximum absolute atomic E-state index is 12.5. The van der Waals surface area contributed by atoms with Crippen molar-refractivity contribution >= 4 is 10.8 Å². The SMILES string of the molecule is COc1ccc(OC)c(CC[C@](O)(C#N)CS(=O)c2ccc(C)cc2)c1. The summed E-state index contributed by atoms with van der Waals surface area (Å²) < 4.78 is 23.1. The number of nitriles is 1. The summed E-state index contributed by atoms with van der Waals surface area (Å²) in [6.45, 7) is 1.94. The number of hydrogen-bond donors (Lipinski definition) is 1. The van der Waals surface area contributed by atoms with Crippen molar-refractivity contribution in [1.29, 1.82) is 5.26 Å². The molecule has 0 radical (unpaired) electrons. The van der Waals surface area contributed by atoms with Crippen LogP contribution in [-0.2, 0) is 17.2 Å². The summed E-state index contributed by atoms with van der Waals surface area (Å²) in [4.78, 5) is 0.600. The first kappa shape index (κ1) is 20.0. The van der Waals surface area contributed by atoms with Gasteiger partial charge in [0.1, 0.15) is 11.5 Å². The Morgan fingerprint density at radius 2 is 1.85 bits per heavy atom. The van der Waals surface area contributed by atoms with E-state index in [1.807, 2.05) is 31.2 Å². The van der Waals surface area contributed by atoms with E-state index in [1.54, 1.807) is 38.5 Å². The van der Waals surface area contributed by atoms with E-state index in [2.05, 4.69) is 0 Å². The molecule has 0 aliphatic rings. The van der Waals surface area contributed by atoms with Gasteiger partial charge in [-0.05, 0) is 55.7 Å². The van der Waals surface area contributed by atoms with Crippen LogP contribution in [0.15, 0.2) is 47.4 Å². The van der Waals surface area contributed by atoms with E-state index >= 15 is 0 Å².